The van der Waals surface area contributed by atoms with Gasteiger partial charge in [0, 0.05) is 32.2 Å². The number of hydrogen-bond donors (Lipinski definition) is 0. The maximum atomic E-state index is 5.97. The van der Waals surface area contributed by atoms with Gasteiger partial charge < -0.3 is 14.4 Å². The second-order valence-corrected chi connectivity index (χ2v) is 7.04. The molecule has 2 aliphatic heterocycles. The van der Waals surface area contributed by atoms with Crippen LogP contribution in [0.3, 0.4) is 0 Å². The lowest BCUT2D eigenvalue weighted by Crippen LogP contribution is -2.34. The quantitative estimate of drug-likeness (QED) is 0.833. The lowest BCUT2D eigenvalue weighted by Gasteiger charge is -2.26. The van der Waals surface area contributed by atoms with Crippen LogP contribution in [0.1, 0.15) is 51.0 Å². The maximum absolute atomic E-state index is 5.97. The van der Waals surface area contributed by atoms with Crippen molar-refractivity contribution in [2.24, 2.45) is 13.0 Å². The third-order valence-corrected chi connectivity index (χ3v) is 5.13. The van der Waals surface area contributed by atoms with Crippen molar-refractivity contribution in [1.29, 1.82) is 0 Å². The molecular weight excluding hydrogens is 280 g/mol. The zero-order valence-corrected chi connectivity index (χ0v) is 13.6. The largest absolute Gasteiger partial charge is 0.381 e. The van der Waals surface area contributed by atoms with Gasteiger partial charge in [-0.15, -0.1) is 10.2 Å². The van der Waals surface area contributed by atoms with Gasteiger partial charge in [-0.3, -0.25) is 4.57 Å². The first kappa shape index (κ1) is 14.5. The summed E-state index contributed by atoms with van der Waals surface area (Å²) in [7, 11) is 2.08. The molecule has 0 bridgehead atoms. The zero-order chi connectivity index (χ0) is 15.1. The fraction of sp³-hybridized carbons (Fsp3) is 0.875. The van der Waals surface area contributed by atoms with E-state index in [0.717, 1.165) is 50.8 Å². The van der Waals surface area contributed by atoms with E-state index in [-0.39, 0.29) is 6.10 Å². The van der Waals surface area contributed by atoms with E-state index in [0.29, 0.717) is 18.1 Å². The molecule has 1 unspecified atom stereocenters. The first-order chi connectivity index (χ1) is 10.7. The lowest BCUT2D eigenvalue weighted by atomic mass is 10.1. The molecule has 3 fully saturated rings. The summed E-state index contributed by atoms with van der Waals surface area (Å²) in [4.78, 5) is 2.45. The van der Waals surface area contributed by atoms with Gasteiger partial charge in [0.15, 0.2) is 5.82 Å². The van der Waals surface area contributed by atoms with Gasteiger partial charge in [-0.2, -0.15) is 0 Å². The topological polar surface area (TPSA) is 52.4 Å². The van der Waals surface area contributed by atoms with Crippen LogP contribution in [0.5, 0.6) is 0 Å². The van der Waals surface area contributed by atoms with Crippen molar-refractivity contribution in [3.63, 3.8) is 0 Å². The van der Waals surface area contributed by atoms with Crippen LogP contribution in [0, 0.1) is 5.92 Å². The molecule has 6 heteroatoms. The van der Waals surface area contributed by atoms with E-state index in [4.69, 9.17) is 9.47 Å². The molecule has 1 aromatic heterocycles. The third kappa shape index (κ3) is 2.74. The Morgan fingerprint density at radius 3 is 2.68 bits per heavy atom. The summed E-state index contributed by atoms with van der Waals surface area (Å²) in [6, 6.07) is 0.639. The van der Waals surface area contributed by atoms with Crippen LogP contribution in [-0.2, 0) is 16.5 Å². The molecule has 3 atom stereocenters. The SMILES string of the molecule is C[C@H]1CC[C@@H](c2nnc(N(CC3CCOC3)C3CC3)n2C)O1. The van der Waals surface area contributed by atoms with Crippen molar-refractivity contribution in [3.05, 3.63) is 5.82 Å². The average molecular weight is 306 g/mol. The summed E-state index contributed by atoms with van der Waals surface area (Å²) >= 11 is 0. The van der Waals surface area contributed by atoms with E-state index in [9.17, 15) is 0 Å². The Labute approximate surface area is 131 Å². The summed E-state index contributed by atoms with van der Waals surface area (Å²) in [6.07, 6.45) is 6.31. The molecule has 0 amide bonds. The number of aromatic nitrogens is 3. The number of hydrogen-bond acceptors (Lipinski definition) is 5. The Bertz CT molecular complexity index is 522. The second kappa shape index (κ2) is 5.81. The lowest BCUT2D eigenvalue weighted by molar-refractivity contribution is 0.0485. The highest BCUT2D eigenvalue weighted by Crippen LogP contribution is 2.36. The van der Waals surface area contributed by atoms with Crippen LogP contribution in [0.4, 0.5) is 5.95 Å². The predicted molar refractivity (Wildman–Crippen MR) is 82.8 cm³/mol. The van der Waals surface area contributed by atoms with Crippen LogP contribution in [0.15, 0.2) is 0 Å². The Morgan fingerprint density at radius 1 is 1.18 bits per heavy atom. The summed E-state index contributed by atoms with van der Waals surface area (Å²) in [5, 5.41) is 8.96. The van der Waals surface area contributed by atoms with Crippen LogP contribution >= 0.6 is 0 Å². The molecule has 0 spiro atoms. The molecule has 0 radical (unpaired) electrons. The van der Waals surface area contributed by atoms with Gasteiger partial charge in [-0.25, -0.2) is 0 Å². The Hall–Kier alpha value is -1.14. The third-order valence-electron chi connectivity index (χ3n) is 5.13. The molecule has 3 heterocycles. The van der Waals surface area contributed by atoms with E-state index >= 15 is 0 Å². The van der Waals surface area contributed by atoms with Gasteiger partial charge in [0.05, 0.1) is 12.7 Å². The minimum absolute atomic E-state index is 0.108. The van der Waals surface area contributed by atoms with Crippen molar-refractivity contribution in [1.82, 2.24) is 14.8 Å². The van der Waals surface area contributed by atoms with Crippen molar-refractivity contribution < 1.29 is 9.47 Å². The second-order valence-electron chi connectivity index (χ2n) is 7.04. The number of ether oxygens (including phenoxy) is 2. The van der Waals surface area contributed by atoms with Crippen LogP contribution in [-0.4, -0.2) is 46.7 Å². The highest BCUT2D eigenvalue weighted by atomic mass is 16.5. The number of rotatable bonds is 5. The van der Waals surface area contributed by atoms with Crippen molar-refractivity contribution >= 4 is 5.95 Å². The molecule has 122 valence electrons. The van der Waals surface area contributed by atoms with E-state index in [1.165, 1.54) is 12.8 Å². The molecule has 4 rings (SSSR count). The maximum Gasteiger partial charge on any atom is 0.227 e. The molecule has 0 N–H and O–H groups in total. The summed E-state index contributed by atoms with van der Waals surface area (Å²) < 4.78 is 13.7. The van der Waals surface area contributed by atoms with Crippen molar-refractivity contribution in [3.8, 4) is 0 Å². The van der Waals surface area contributed by atoms with E-state index in [1.807, 2.05) is 0 Å². The van der Waals surface area contributed by atoms with E-state index in [1.54, 1.807) is 0 Å². The van der Waals surface area contributed by atoms with E-state index < -0.39 is 0 Å². The first-order valence-electron chi connectivity index (χ1n) is 8.61. The smallest absolute Gasteiger partial charge is 0.227 e. The van der Waals surface area contributed by atoms with Crippen molar-refractivity contribution in [2.45, 2.75) is 57.3 Å². The summed E-state index contributed by atoms with van der Waals surface area (Å²) in [6.45, 7) is 4.96. The van der Waals surface area contributed by atoms with Crippen LogP contribution in [0.25, 0.3) is 0 Å². The average Bonchev–Trinajstić information content (AvgIpc) is 2.88. The molecule has 1 saturated carbocycles. The highest BCUT2D eigenvalue weighted by Gasteiger charge is 2.36. The Balaban J connectivity index is 1.53. The Kier molecular flexibility index (Phi) is 3.82. The molecule has 22 heavy (non-hydrogen) atoms. The monoisotopic (exact) mass is 306 g/mol. The first-order valence-corrected chi connectivity index (χ1v) is 8.61. The van der Waals surface area contributed by atoms with Gasteiger partial charge in [-0.1, -0.05) is 0 Å². The highest BCUT2D eigenvalue weighted by molar-refractivity contribution is 5.35. The number of nitrogens with zero attached hydrogens (tertiary/aromatic N) is 4. The molecule has 3 aliphatic rings. The molecule has 1 aromatic rings. The summed E-state index contributed by atoms with van der Waals surface area (Å²) in [5.74, 6) is 2.61. The van der Waals surface area contributed by atoms with Crippen molar-refractivity contribution in [2.75, 3.05) is 24.7 Å². The fourth-order valence-corrected chi connectivity index (χ4v) is 3.64. The van der Waals surface area contributed by atoms with E-state index in [2.05, 4.69) is 33.6 Å². The molecule has 6 nitrogen and oxygen atoms in total. The minimum Gasteiger partial charge on any atom is -0.381 e. The zero-order valence-electron chi connectivity index (χ0n) is 13.6. The van der Waals surface area contributed by atoms with Gasteiger partial charge in [0.1, 0.15) is 6.10 Å². The van der Waals surface area contributed by atoms with Crippen LogP contribution in [0.2, 0.25) is 0 Å². The van der Waals surface area contributed by atoms with Gasteiger partial charge in [0.25, 0.3) is 0 Å². The molecule has 2 saturated heterocycles. The van der Waals surface area contributed by atoms with Gasteiger partial charge in [-0.05, 0) is 39.0 Å². The van der Waals surface area contributed by atoms with Crippen LogP contribution < -0.4 is 4.90 Å². The van der Waals surface area contributed by atoms with Gasteiger partial charge >= 0.3 is 0 Å². The summed E-state index contributed by atoms with van der Waals surface area (Å²) in [5.41, 5.74) is 0. The molecule has 0 aromatic carbocycles. The minimum atomic E-state index is 0.108. The standard InChI is InChI=1S/C16H26N4O2/c1-11-3-6-14(22-11)15-17-18-16(19(15)2)20(13-4-5-13)9-12-7-8-21-10-12/h11-14H,3-10H2,1-2H3/t11-,12?,14-/m0/s1. The normalized spacial score (nSPS) is 31.8. The predicted octanol–water partition coefficient (Wildman–Crippen LogP) is 2.06. The fourth-order valence-electron chi connectivity index (χ4n) is 3.64. The molecule has 1 aliphatic carbocycles. The number of anilines is 1. The van der Waals surface area contributed by atoms with Gasteiger partial charge in [0.2, 0.25) is 5.95 Å². The Morgan fingerprint density at radius 2 is 2.05 bits per heavy atom. The molecular formula is C16H26N4O2.